The third kappa shape index (κ3) is 6.22. The van der Waals surface area contributed by atoms with Gasteiger partial charge in [-0.25, -0.2) is 5.43 Å². The summed E-state index contributed by atoms with van der Waals surface area (Å²) in [6.07, 6.45) is 1.46. The van der Waals surface area contributed by atoms with E-state index >= 15 is 0 Å². The number of ether oxygens (including phenoxy) is 3. The van der Waals surface area contributed by atoms with Gasteiger partial charge < -0.3 is 14.2 Å². The van der Waals surface area contributed by atoms with E-state index in [-0.39, 0.29) is 11.7 Å². The summed E-state index contributed by atoms with van der Waals surface area (Å²) in [6, 6.07) is 20.5. The maximum Gasteiger partial charge on any atom is 0.250 e. The van der Waals surface area contributed by atoms with Crippen LogP contribution in [0.3, 0.4) is 0 Å². The highest BCUT2D eigenvalue weighted by atomic mass is 35.5. The lowest BCUT2D eigenvalue weighted by molar-refractivity contribution is -0.118. The molecule has 0 aliphatic rings. The standard InChI is InChI=1S/C26H24ClN5O4S/c1-34-20-13-22(35-2)21(23(14-20)36-3)15-28-29-24(33)16-37-26-31-30-25(17-7-5-4-6-8-17)32(26)19-11-9-18(27)10-12-19/h4-15H,16H2,1-3H3,(H,29,33)/b28-15+. The van der Waals surface area contributed by atoms with Gasteiger partial charge in [-0.05, 0) is 24.3 Å². The Morgan fingerprint density at radius 3 is 2.30 bits per heavy atom. The Bertz CT molecular complexity index is 1370. The number of methoxy groups -OCH3 is 3. The van der Waals surface area contributed by atoms with E-state index in [1.807, 2.05) is 47.0 Å². The van der Waals surface area contributed by atoms with E-state index in [4.69, 9.17) is 25.8 Å². The topological polar surface area (TPSA) is 99.9 Å². The predicted octanol–water partition coefficient (Wildman–Crippen LogP) is 4.86. The minimum atomic E-state index is -0.320. The Morgan fingerprint density at radius 1 is 1.00 bits per heavy atom. The van der Waals surface area contributed by atoms with Gasteiger partial charge >= 0.3 is 0 Å². The van der Waals surface area contributed by atoms with Gasteiger partial charge in [-0.1, -0.05) is 53.7 Å². The molecule has 0 radical (unpaired) electrons. The second-order valence-corrected chi connectivity index (χ2v) is 8.89. The van der Waals surface area contributed by atoms with Crippen molar-refractivity contribution < 1.29 is 19.0 Å². The Balaban J connectivity index is 1.50. The summed E-state index contributed by atoms with van der Waals surface area (Å²) >= 11 is 7.33. The van der Waals surface area contributed by atoms with Crippen molar-refractivity contribution in [3.8, 4) is 34.3 Å². The molecule has 190 valence electrons. The molecule has 4 rings (SSSR count). The van der Waals surface area contributed by atoms with E-state index in [9.17, 15) is 4.79 Å². The summed E-state index contributed by atoms with van der Waals surface area (Å²) in [6.45, 7) is 0. The zero-order chi connectivity index (χ0) is 26.2. The molecule has 1 N–H and O–H groups in total. The Morgan fingerprint density at radius 2 is 1.68 bits per heavy atom. The van der Waals surface area contributed by atoms with Crippen molar-refractivity contribution in [1.29, 1.82) is 0 Å². The van der Waals surface area contributed by atoms with Crippen LogP contribution in [-0.2, 0) is 4.79 Å². The Labute approximate surface area is 223 Å². The number of carbonyl (C=O) groups is 1. The van der Waals surface area contributed by atoms with Crippen LogP contribution in [0.2, 0.25) is 5.02 Å². The molecule has 1 heterocycles. The Hall–Kier alpha value is -4.02. The average Bonchev–Trinajstić information content (AvgIpc) is 3.36. The van der Waals surface area contributed by atoms with E-state index in [0.717, 1.165) is 11.3 Å². The highest BCUT2D eigenvalue weighted by molar-refractivity contribution is 7.99. The first kappa shape index (κ1) is 26.1. The maximum atomic E-state index is 12.6. The molecular formula is C26H24ClN5O4S. The molecule has 0 bridgehead atoms. The van der Waals surface area contributed by atoms with Gasteiger partial charge in [0.25, 0.3) is 5.91 Å². The van der Waals surface area contributed by atoms with Crippen LogP contribution in [0.4, 0.5) is 0 Å². The number of amides is 1. The lowest BCUT2D eigenvalue weighted by Gasteiger charge is -2.12. The molecule has 9 nitrogen and oxygen atoms in total. The minimum Gasteiger partial charge on any atom is -0.496 e. The lowest BCUT2D eigenvalue weighted by atomic mass is 10.2. The fraction of sp³-hybridized carbons (Fsp3) is 0.154. The predicted molar refractivity (Wildman–Crippen MR) is 144 cm³/mol. The molecule has 37 heavy (non-hydrogen) atoms. The number of hydrazone groups is 1. The third-order valence-electron chi connectivity index (χ3n) is 5.22. The summed E-state index contributed by atoms with van der Waals surface area (Å²) in [4.78, 5) is 12.6. The number of halogens is 1. The van der Waals surface area contributed by atoms with Crippen molar-refractivity contribution in [3.05, 3.63) is 77.3 Å². The molecule has 1 aromatic heterocycles. The fourth-order valence-corrected chi connectivity index (χ4v) is 4.32. The summed E-state index contributed by atoms with van der Waals surface area (Å²) in [5.41, 5.74) is 4.82. The average molecular weight is 538 g/mol. The molecule has 0 saturated heterocycles. The molecule has 3 aromatic carbocycles. The number of nitrogens with one attached hydrogen (secondary N) is 1. The normalized spacial score (nSPS) is 10.9. The van der Waals surface area contributed by atoms with Crippen LogP contribution in [0.1, 0.15) is 5.56 Å². The van der Waals surface area contributed by atoms with Gasteiger partial charge in [-0.15, -0.1) is 10.2 Å². The molecule has 0 saturated carbocycles. The van der Waals surface area contributed by atoms with Crippen molar-refractivity contribution in [1.82, 2.24) is 20.2 Å². The zero-order valence-electron chi connectivity index (χ0n) is 20.3. The van der Waals surface area contributed by atoms with Crippen molar-refractivity contribution in [2.45, 2.75) is 5.16 Å². The summed E-state index contributed by atoms with van der Waals surface area (Å²) < 4.78 is 17.9. The molecule has 0 unspecified atom stereocenters. The summed E-state index contributed by atoms with van der Waals surface area (Å²) in [7, 11) is 4.61. The quantitative estimate of drug-likeness (QED) is 0.175. The van der Waals surface area contributed by atoms with Crippen molar-refractivity contribution in [2.75, 3.05) is 27.1 Å². The van der Waals surface area contributed by atoms with Crippen LogP contribution in [0.5, 0.6) is 17.2 Å². The van der Waals surface area contributed by atoms with Crippen LogP contribution < -0.4 is 19.6 Å². The van der Waals surface area contributed by atoms with Gasteiger partial charge in [0.1, 0.15) is 17.2 Å². The first-order chi connectivity index (χ1) is 18.0. The van der Waals surface area contributed by atoms with Crippen LogP contribution in [0, 0.1) is 0 Å². The van der Waals surface area contributed by atoms with Crippen molar-refractivity contribution in [2.24, 2.45) is 5.10 Å². The number of hydrogen-bond acceptors (Lipinski definition) is 8. The number of benzene rings is 3. The monoisotopic (exact) mass is 537 g/mol. The van der Waals surface area contributed by atoms with Gasteiger partial charge in [0, 0.05) is 28.4 Å². The van der Waals surface area contributed by atoms with Gasteiger partial charge in [0.15, 0.2) is 11.0 Å². The second kappa shape index (κ2) is 12.3. The van der Waals surface area contributed by atoms with Crippen molar-refractivity contribution >= 4 is 35.5 Å². The molecule has 0 aliphatic carbocycles. The molecule has 11 heteroatoms. The molecule has 0 fully saturated rings. The van der Waals surface area contributed by atoms with E-state index in [2.05, 4.69) is 20.7 Å². The van der Waals surface area contributed by atoms with Gasteiger partial charge in [-0.2, -0.15) is 5.10 Å². The Kier molecular flexibility index (Phi) is 8.65. The highest BCUT2D eigenvalue weighted by Crippen LogP contribution is 2.33. The molecule has 4 aromatic rings. The summed E-state index contributed by atoms with van der Waals surface area (Å²) in [5, 5.41) is 14.0. The fourth-order valence-electron chi connectivity index (χ4n) is 3.45. The van der Waals surface area contributed by atoms with E-state index in [1.54, 1.807) is 31.4 Å². The smallest absolute Gasteiger partial charge is 0.250 e. The first-order valence-electron chi connectivity index (χ1n) is 11.1. The van der Waals surface area contributed by atoms with E-state index < -0.39 is 0 Å². The molecule has 0 atom stereocenters. The molecule has 0 aliphatic heterocycles. The number of thioether (sulfide) groups is 1. The number of hydrogen-bond donors (Lipinski definition) is 1. The van der Waals surface area contributed by atoms with E-state index in [1.165, 1.54) is 32.2 Å². The summed E-state index contributed by atoms with van der Waals surface area (Å²) in [5.74, 6) is 1.96. The van der Waals surface area contributed by atoms with Crippen molar-refractivity contribution in [3.63, 3.8) is 0 Å². The van der Waals surface area contributed by atoms with Crippen LogP contribution >= 0.6 is 23.4 Å². The third-order valence-corrected chi connectivity index (χ3v) is 6.40. The largest absolute Gasteiger partial charge is 0.496 e. The number of aromatic nitrogens is 3. The van der Waals surface area contributed by atoms with Crippen LogP contribution in [0.15, 0.2) is 77.0 Å². The first-order valence-corrected chi connectivity index (χ1v) is 12.4. The lowest BCUT2D eigenvalue weighted by Crippen LogP contribution is -2.20. The van der Waals surface area contributed by atoms with Gasteiger partial charge in [0.2, 0.25) is 0 Å². The molecule has 0 spiro atoms. The highest BCUT2D eigenvalue weighted by Gasteiger charge is 2.17. The van der Waals surface area contributed by atoms with E-state index in [0.29, 0.717) is 38.8 Å². The number of rotatable bonds is 10. The van der Waals surface area contributed by atoms with Crippen LogP contribution in [0.25, 0.3) is 17.1 Å². The number of nitrogens with zero attached hydrogens (tertiary/aromatic N) is 4. The van der Waals surface area contributed by atoms with Gasteiger partial charge in [0.05, 0.1) is 38.9 Å². The minimum absolute atomic E-state index is 0.0642. The van der Waals surface area contributed by atoms with Gasteiger partial charge in [-0.3, -0.25) is 9.36 Å². The zero-order valence-corrected chi connectivity index (χ0v) is 21.9. The molecule has 1 amide bonds. The second-order valence-electron chi connectivity index (χ2n) is 7.51. The SMILES string of the molecule is COc1cc(OC)c(/C=N/NC(=O)CSc2nnc(-c3ccccc3)n2-c2ccc(Cl)cc2)c(OC)c1. The maximum absolute atomic E-state index is 12.6. The molecular weight excluding hydrogens is 514 g/mol. The van der Waals surface area contributed by atoms with Crippen LogP contribution in [-0.4, -0.2) is 54.0 Å². The number of carbonyl (C=O) groups excluding carboxylic acids is 1.